The predicted octanol–water partition coefficient (Wildman–Crippen LogP) is 5.21. The molecule has 36 heavy (non-hydrogen) atoms. The molecule has 0 aliphatic carbocycles. The maximum atomic E-state index is 12.3. The highest BCUT2D eigenvalue weighted by Gasteiger charge is 2.13. The predicted molar refractivity (Wildman–Crippen MR) is 133 cm³/mol. The number of nitrogens with zero attached hydrogens (tertiary/aromatic N) is 2. The molecule has 4 rings (SSSR count). The Morgan fingerprint density at radius 2 is 1.47 bits per heavy atom. The van der Waals surface area contributed by atoms with Crippen LogP contribution in [-0.4, -0.2) is 44.5 Å². The Morgan fingerprint density at radius 1 is 0.778 bits per heavy atom. The molecule has 1 aromatic heterocycles. The second kappa shape index (κ2) is 11.1. The zero-order valence-electron chi connectivity index (χ0n) is 20.2. The first-order valence-corrected chi connectivity index (χ1v) is 10.8. The van der Waals surface area contributed by atoms with E-state index in [0.29, 0.717) is 56.8 Å². The molecule has 10 nitrogen and oxygen atoms in total. The number of ether oxygens (including phenoxy) is 6. The number of methoxy groups -OCH3 is 4. The van der Waals surface area contributed by atoms with E-state index in [4.69, 9.17) is 28.4 Å². The fourth-order valence-electron chi connectivity index (χ4n) is 3.45. The minimum Gasteiger partial charge on any atom is -0.497 e. The standard InChI is InChI=1S/C26H25N3O7/c1-31-19-9-10-22(32-2)16(11-19)14-35-26(30)29-17-5-7-18(8-6-17)36-25-20-12-23(33-3)24(34-4)13-21(20)27-15-28-25/h5-13,15H,14H2,1-4H3,(H,29,30). The van der Waals surface area contributed by atoms with Crippen LogP contribution in [-0.2, 0) is 11.3 Å². The van der Waals surface area contributed by atoms with E-state index in [1.165, 1.54) is 6.33 Å². The van der Waals surface area contributed by atoms with Gasteiger partial charge in [-0.25, -0.2) is 14.8 Å². The average Bonchev–Trinajstić information content (AvgIpc) is 2.92. The Labute approximate surface area is 207 Å². The molecule has 4 aromatic rings. The first-order chi connectivity index (χ1) is 17.5. The van der Waals surface area contributed by atoms with Crippen molar-refractivity contribution in [3.8, 4) is 34.6 Å². The van der Waals surface area contributed by atoms with E-state index >= 15 is 0 Å². The largest absolute Gasteiger partial charge is 0.497 e. The molecule has 186 valence electrons. The van der Waals surface area contributed by atoms with E-state index in [1.807, 2.05) is 0 Å². The van der Waals surface area contributed by atoms with E-state index < -0.39 is 6.09 Å². The van der Waals surface area contributed by atoms with Crippen LogP contribution in [0.2, 0.25) is 0 Å². The molecule has 1 N–H and O–H groups in total. The Morgan fingerprint density at radius 3 is 2.17 bits per heavy atom. The molecule has 0 aliphatic rings. The smallest absolute Gasteiger partial charge is 0.411 e. The molecule has 0 spiro atoms. The third-order valence-electron chi connectivity index (χ3n) is 5.27. The van der Waals surface area contributed by atoms with E-state index in [2.05, 4.69) is 15.3 Å². The minimum atomic E-state index is -0.614. The van der Waals surface area contributed by atoms with Gasteiger partial charge in [-0.2, -0.15) is 0 Å². The summed E-state index contributed by atoms with van der Waals surface area (Å²) in [6, 6.07) is 15.6. The average molecular weight is 492 g/mol. The van der Waals surface area contributed by atoms with Gasteiger partial charge in [0, 0.05) is 17.3 Å². The van der Waals surface area contributed by atoms with Gasteiger partial charge in [-0.15, -0.1) is 0 Å². The second-order valence-electron chi connectivity index (χ2n) is 7.41. The number of benzene rings is 3. The van der Waals surface area contributed by atoms with Crippen molar-refractivity contribution in [1.82, 2.24) is 9.97 Å². The molecule has 0 radical (unpaired) electrons. The van der Waals surface area contributed by atoms with Crippen molar-refractivity contribution in [1.29, 1.82) is 0 Å². The number of amides is 1. The normalized spacial score (nSPS) is 10.4. The topological polar surface area (TPSA) is 110 Å². The molecule has 10 heteroatoms. The fourth-order valence-corrected chi connectivity index (χ4v) is 3.45. The zero-order valence-corrected chi connectivity index (χ0v) is 20.2. The van der Waals surface area contributed by atoms with Crippen molar-refractivity contribution in [2.24, 2.45) is 0 Å². The molecule has 0 aliphatic heterocycles. The van der Waals surface area contributed by atoms with Crippen LogP contribution >= 0.6 is 0 Å². The lowest BCUT2D eigenvalue weighted by Gasteiger charge is -2.12. The van der Waals surface area contributed by atoms with Crippen LogP contribution in [0.25, 0.3) is 10.9 Å². The summed E-state index contributed by atoms with van der Waals surface area (Å²) in [5, 5.41) is 3.34. The Kier molecular flexibility index (Phi) is 7.54. The summed E-state index contributed by atoms with van der Waals surface area (Å²) < 4.78 is 32.5. The molecular formula is C26H25N3O7. The Bertz CT molecular complexity index is 1360. The molecule has 0 unspecified atom stereocenters. The molecule has 0 saturated heterocycles. The van der Waals surface area contributed by atoms with Crippen LogP contribution in [0.5, 0.6) is 34.6 Å². The van der Waals surface area contributed by atoms with Gasteiger partial charge < -0.3 is 28.4 Å². The summed E-state index contributed by atoms with van der Waals surface area (Å²) >= 11 is 0. The van der Waals surface area contributed by atoms with Crippen LogP contribution in [0.1, 0.15) is 5.56 Å². The van der Waals surface area contributed by atoms with Crippen LogP contribution in [0.3, 0.4) is 0 Å². The Balaban J connectivity index is 1.41. The van der Waals surface area contributed by atoms with Crippen molar-refractivity contribution < 1.29 is 33.2 Å². The number of hydrogen-bond donors (Lipinski definition) is 1. The van der Waals surface area contributed by atoms with Gasteiger partial charge in [0.1, 0.15) is 30.2 Å². The van der Waals surface area contributed by atoms with Gasteiger partial charge in [0.05, 0.1) is 39.3 Å². The lowest BCUT2D eigenvalue weighted by Crippen LogP contribution is -2.13. The van der Waals surface area contributed by atoms with Crippen molar-refractivity contribution in [2.45, 2.75) is 6.61 Å². The number of carbonyl (C=O) groups excluding carboxylic acids is 1. The molecule has 1 amide bonds. The van der Waals surface area contributed by atoms with E-state index in [0.717, 1.165) is 0 Å². The highest BCUT2D eigenvalue weighted by Crippen LogP contribution is 2.36. The zero-order chi connectivity index (χ0) is 25.5. The lowest BCUT2D eigenvalue weighted by atomic mass is 10.2. The first kappa shape index (κ1) is 24.4. The minimum absolute atomic E-state index is 0.0163. The maximum absolute atomic E-state index is 12.3. The van der Waals surface area contributed by atoms with Crippen LogP contribution in [0, 0.1) is 0 Å². The van der Waals surface area contributed by atoms with Gasteiger partial charge in [-0.3, -0.25) is 5.32 Å². The third kappa shape index (κ3) is 5.49. The molecule has 3 aromatic carbocycles. The van der Waals surface area contributed by atoms with Crippen molar-refractivity contribution in [2.75, 3.05) is 33.8 Å². The number of hydrogen-bond acceptors (Lipinski definition) is 9. The summed E-state index contributed by atoms with van der Waals surface area (Å²) in [5.74, 6) is 3.20. The number of aromatic nitrogens is 2. The van der Waals surface area contributed by atoms with E-state index in [-0.39, 0.29) is 6.61 Å². The first-order valence-electron chi connectivity index (χ1n) is 10.8. The molecular weight excluding hydrogens is 466 g/mol. The van der Waals surface area contributed by atoms with Crippen LogP contribution in [0.4, 0.5) is 10.5 Å². The molecule has 0 fully saturated rings. The van der Waals surface area contributed by atoms with Crippen molar-refractivity contribution >= 4 is 22.7 Å². The third-order valence-corrected chi connectivity index (χ3v) is 5.27. The van der Waals surface area contributed by atoms with Crippen molar-refractivity contribution in [3.05, 3.63) is 66.5 Å². The van der Waals surface area contributed by atoms with Gasteiger partial charge in [-0.1, -0.05) is 0 Å². The summed E-state index contributed by atoms with van der Waals surface area (Å²) in [6.45, 7) is 0.0163. The van der Waals surface area contributed by atoms with E-state index in [1.54, 1.807) is 83.0 Å². The molecule has 0 saturated carbocycles. The number of fused-ring (bicyclic) bond motifs is 1. The number of rotatable bonds is 9. The number of anilines is 1. The highest BCUT2D eigenvalue weighted by atomic mass is 16.5. The quantitative estimate of drug-likeness (QED) is 0.337. The van der Waals surface area contributed by atoms with Gasteiger partial charge in [0.15, 0.2) is 11.5 Å². The van der Waals surface area contributed by atoms with Crippen molar-refractivity contribution in [3.63, 3.8) is 0 Å². The molecule has 0 atom stereocenters. The van der Waals surface area contributed by atoms with Crippen LogP contribution in [0.15, 0.2) is 60.9 Å². The summed E-state index contributed by atoms with van der Waals surface area (Å²) in [6.07, 6.45) is 0.795. The van der Waals surface area contributed by atoms with Gasteiger partial charge in [0.25, 0.3) is 0 Å². The monoisotopic (exact) mass is 491 g/mol. The van der Waals surface area contributed by atoms with Gasteiger partial charge in [-0.05, 0) is 48.5 Å². The summed E-state index contributed by atoms with van der Waals surface area (Å²) in [4.78, 5) is 20.8. The fraction of sp³-hybridized carbons (Fsp3) is 0.192. The summed E-state index contributed by atoms with van der Waals surface area (Å²) in [5.41, 5.74) is 1.86. The highest BCUT2D eigenvalue weighted by molar-refractivity contribution is 5.87. The van der Waals surface area contributed by atoms with Gasteiger partial charge >= 0.3 is 6.09 Å². The number of nitrogens with one attached hydrogen (secondary N) is 1. The Hall–Kier alpha value is -4.73. The van der Waals surface area contributed by atoms with E-state index in [9.17, 15) is 4.79 Å². The SMILES string of the molecule is COc1ccc(OC)c(COC(=O)Nc2ccc(Oc3ncnc4cc(OC)c(OC)cc34)cc2)c1. The molecule has 0 bridgehead atoms. The number of carbonyl (C=O) groups is 1. The van der Waals surface area contributed by atoms with Gasteiger partial charge in [0.2, 0.25) is 5.88 Å². The van der Waals surface area contributed by atoms with Crippen LogP contribution < -0.4 is 29.0 Å². The summed E-state index contributed by atoms with van der Waals surface area (Å²) in [7, 11) is 6.22. The second-order valence-corrected chi connectivity index (χ2v) is 7.41. The maximum Gasteiger partial charge on any atom is 0.411 e. The molecule has 1 heterocycles. The lowest BCUT2D eigenvalue weighted by molar-refractivity contribution is 0.154.